The molecule has 1 aromatic rings. The molecule has 0 saturated carbocycles. The lowest BCUT2D eigenvalue weighted by molar-refractivity contribution is 0.281. The van der Waals surface area contributed by atoms with Crippen LogP contribution in [-0.2, 0) is 0 Å². The molecule has 0 unspecified atom stereocenters. The molecule has 0 saturated heterocycles. The monoisotopic (exact) mass is 193 g/mol. The van der Waals surface area contributed by atoms with Crippen molar-refractivity contribution in [2.45, 2.75) is 13.3 Å². The van der Waals surface area contributed by atoms with Gasteiger partial charge in [-0.1, -0.05) is 12.1 Å². The summed E-state index contributed by atoms with van der Waals surface area (Å²) in [5, 5.41) is 0. The van der Waals surface area contributed by atoms with E-state index in [0.29, 0.717) is 0 Å². The number of rotatable bonds is 5. The summed E-state index contributed by atoms with van der Waals surface area (Å²) in [5.41, 5.74) is 1.25. The number of benzene rings is 1. The van der Waals surface area contributed by atoms with Crippen LogP contribution < -0.4 is 4.74 Å². The first-order chi connectivity index (χ1) is 6.68. The van der Waals surface area contributed by atoms with Gasteiger partial charge in [-0.15, -0.1) is 0 Å². The van der Waals surface area contributed by atoms with Crippen LogP contribution in [0, 0.1) is 6.92 Å². The molecule has 0 spiro atoms. The number of nitrogens with zero attached hydrogens (tertiary/aromatic N) is 1. The normalized spacial score (nSPS) is 10.6. The Balaban J connectivity index is 2.25. The molecule has 1 rings (SSSR count). The molecule has 0 amide bonds. The van der Waals surface area contributed by atoms with E-state index in [1.165, 1.54) is 5.56 Å². The lowest BCUT2D eigenvalue weighted by atomic mass is 10.2. The van der Waals surface area contributed by atoms with Crippen LogP contribution in [0.3, 0.4) is 0 Å². The van der Waals surface area contributed by atoms with Crippen molar-refractivity contribution in [3.63, 3.8) is 0 Å². The van der Waals surface area contributed by atoms with E-state index < -0.39 is 0 Å². The molecule has 0 aliphatic heterocycles. The third-order valence-corrected chi connectivity index (χ3v) is 2.01. The van der Waals surface area contributed by atoms with Crippen molar-refractivity contribution in [1.29, 1.82) is 0 Å². The maximum absolute atomic E-state index is 5.61. The molecule has 1 aromatic carbocycles. The standard InChI is InChI=1S/C12H19NO/c1-11-6-4-7-12(10-11)14-9-5-8-13(2)3/h4,6-7,10H,5,8-9H2,1-3H3. The summed E-state index contributed by atoms with van der Waals surface area (Å²) in [6, 6.07) is 8.17. The van der Waals surface area contributed by atoms with Crippen LogP contribution in [0.25, 0.3) is 0 Å². The maximum atomic E-state index is 5.61. The van der Waals surface area contributed by atoms with E-state index in [0.717, 1.165) is 25.3 Å². The molecule has 0 atom stereocenters. The van der Waals surface area contributed by atoms with Gasteiger partial charge in [-0.25, -0.2) is 0 Å². The number of hydrogen-bond donors (Lipinski definition) is 0. The second-order valence-electron chi connectivity index (χ2n) is 3.82. The predicted molar refractivity (Wildman–Crippen MR) is 59.8 cm³/mol. The first-order valence-electron chi connectivity index (χ1n) is 5.02. The van der Waals surface area contributed by atoms with Crippen molar-refractivity contribution in [2.75, 3.05) is 27.2 Å². The van der Waals surface area contributed by atoms with E-state index in [-0.39, 0.29) is 0 Å². The zero-order valence-electron chi connectivity index (χ0n) is 9.29. The Labute approximate surface area is 86.5 Å². The topological polar surface area (TPSA) is 12.5 Å². The highest BCUT2D eigenvalue weighted by molar-refractivity contribution is 5.27. The molecular formula is C12H19NO. The fourth-order valence-electron chi connectivity index (χ4n) is 1.28. The van der Waals surface area contributed by atoms with E-state index in [2.05, 4.69) is 38.1 Å². The molecule has 14 heavy (non-hydrogen) atoms. The Hall–Kier alpha value is -1.02. The van der Waals surface area contributed by atoms with E-state index in [9.17, 15) is 0 Å². The largest absolute Gasteiger partial charge is 0.494 e. The van der Waals surface area contributed by atoms with Crippen molar-refractivity contribution in [3.8, 4) is 5.75 Å². The maximum Gasteiger partial charge on any atom is 0.119 e. The Morgan fingerprint density at radius 3 is 2.71 bits per heavy atom. The second-order valence-corrected chi connectivity index (χ2v) is 3.82. The average molecular weight is 193 g/mol. The molecule has 0 aliphatic rings. The van der Waals surface area contributed by atoms with Crippen LogP contribution in [-0.4, -0.2) is 32.1 Å². The molecule has 0 aromatic heterocycles. The van der Waals surface area contributed by atoms with E-state index in [1.54, 1.807) is 0 Å². The number of ether oxygens (including phenoxy) is 1. The van der Waals surface area contributed by atoms with Gasteiger partial charge in [0.2, 0.25) is 0 Å². The quantitative estimate of drug-likeness (QED) is 0.665. The molecule has 0 N–H and O–H groups in total. The van der Waals surface area contributed by atoms with Gasteiger partial charge in [0.15, 0.2) is 0 Å². The number of hydrogen-bond acceptors (Lipinski definition) is 2. The van der Waals surface area contributed by atoms with Crippen LogP contribution in [0.1, 0.15) is 12.0 Å². The zero-order valence-corrected chi connectivity index (χ0v) is 9.29. The highest BCUT2D eigenvalue weighted by atomic mass is 16.5. The van der Waals surface area contributed by atoms with E-state index >= 15 is 0 Å². The van der Waals surface area contributed by atoms with E-state index in [1.807, 2.05) is 12.1 Å². The highest BCUT2D eigenvalue weighted by Gasteiger charge is 1.94. The molecule has 78 valence electrons. The molecule has 0 fully saturated rings. The van der Waals surface area contributed by atoms with Crippen LogP contribution in [0.15, 0.2) is 24.3 Å². The first-order valence-corrected chi connectivity index (χ1v) is 5.02. The van der Waals surface area contributed by atoms with Crippen LogP contribution >= 0.6 is 0 Å². The summed E-state index contributed by atoms with van der Waals surface area (Å²) in [5.74, 6) is 0.976. The van der Waals surface area contributed by atoms with Gasteiger partial charge in [-0.3, -0.25) is 0 Å². The SMILES string of the molecule is Cc1cccc(OCCCN(C)C)c1. The summed E-state index contributed by atoms with van der Waals surface area (Å²) in [4.78, 5) is 2.17. The molecule has 2 heteroatoms. The van der Waals surface area contributed by atoms with Crippen molar-refractivity contribution < 1.29 is 4.74 Å². The van der Waals surface area contributed by atoms with Crippen LogP contribution in [0.5, 0.6) is 5.75 Å². The first kappa shape index (κ1) is 11.1. The fourth-order valence-corrected chi connectivity index (χ4v) is 1.28. The summed E-state index contributed by atoms with van der Waals surface area (Å²) in [7, 11) is 4.15. The molecule has 0 heterocycles. The number of aryl methyl sites for hydroxylation is 1. The van der Waals surface area contributed by atoms with Gasteiger partial charge in [-0.05, 0) is 45.1 Å². The Bertz CT molecular complexity index is 271. The summed E-state index contributed by atoms with van der Waals surface area (Å²) in [6.45, 7) is 3.94. The predicted octanol–water partition coefficient (Wildman–Crippen LogP) is 2.33. The third-order valence-electron chi connectivity index (χ3n) is 2.01. The zero-order chi connectivity index (χ0) is 10.4. The Morgan fingerprint density at radius 1 is 1.29 bits per heavy atom. The molecule has 2 nitrogen and oxygen atoms in total. The molecule has 0 bridgehead atoms. The smallest absolute Gasteiger partial charge is 0.119 e. The molecule has 0 aliphatic carbocycles. The van der Waals surface area contributed by atoms with Gasteiger partial charge in [0.05, 0.1) is 6.61 Å². The van der Waals surface area contributed by atoms with Gasteiger partial charge in [0, 0.05) is 6.54 Å². The van der Waals surface area contributed by atoms with Gasteiger partial charge < -0.3 is 9.64 Å². The van der Waals surface area contributed by atoms with Crippen molar-refractivity contribution in [1.82, 2.24) is 4.90 Å². The minimum atomic E-state index is 0.793. The van der Waals surface area contributed by atoms with Crippen LogP contribution in [0.2, 0.25) is 0 Å². The van der Waals surface area contributed by atoms with Gasteiger partial charge in [-0.2, -0.15) is 0 Å². The van der Waals surface area contributed by atoms with Crippen molar-refractivity contribution in [3.05, 3.63) is 29.8 Å². The summed E-state index contributed by atoms with van der Waals surface area (Å²) in [6.07, 6.45) is 1.07. The second kappa shape index (κ2) is 5.66. The lowest BCUT2D eigenvalue weighted by Crippen LogP contribution is -2.15. The van der Waals surface area contributed by atoms with Gasteiger partial charge >= 0.3 is 0 Å². The van der Waals surface area contributed by atoms with Crippen LogP contribution in [0.4, 0.5) is 0 Å². The van der Waals surface area contributed by atoms with Crippen molar-refractivity contribution >= 4 is 0 Å². The van der Waals surface area contributed by atoms with Crippen molar-refractivity contribution in [2.24, 2.45) is 0 Å². The Morgan fingerprint density at radius 2 is 2.07 bits per heavy atom. The molecular weight excluding hydrogens is 174 g/mol. The average Bonchev–Trinajstić information content (AvgIpc) is 2.12. The fraction of sp³-hybridized carbons (Fsp3) is 0.500. The third kappa shape index (κ3) is 4.28. The summed E-state index contributed by atoms with van der Waals surface area (Å²) >= 11 is 0. The van der Waals surface area contributed by atoms with Gasteiger partial charge in [0.25, 0.3) is 0 Å². The highest BCUT2D eigenvalue weighted by Crippen LogP contribution is 2.12. The molecule has 0 radical (unpaired) electrons. The minimum Gasteiger partial charge on any atom is -0.494 e. The summed E-state index contributed by atoms with van der Waals surface area (Å²) < 4.78 is 5.61. The lowest BCUT2D eigenvalue weighted by Gasteiger charge is -2.10. The van der Waals surface area contributed by atoms with Gasteiger partial charge in [0.1, 0.15) is 5.75 Å². The minimum absolute atomic E-state index is 0.793. The van der Waals surface area contributed by atoms with E-state index in [4.69, 9.17) is 4.74 Å². The Kier molecular flexibility index (Phi) is 4.47.